The highest BCUT2D eigenvalue weighted by Gasteiger charge is 2.53. The van der Waals surface area contributed by atoms with E-state index in [1.807, 2.05) is 6.92 Å². The Bertz CT molecular complexity index is 395. The van der Waals surface area contributed by atoms with E-state index in [1.165, 1.54) is 0 Å². The Morgan fingerprint density at radius 2 is 1.86 bits per heavy atom. The molecule has 0 amide bonds. The van der Waals surface area contributed by atoms with Gasteiger partial charge in [-0.3, -0.25) is 4.99 Å². The molecule has 3 saturated heterocycles. The summed E-state index contributed by atoms with van der Waals surface area (Å²) >= 11 is 0. The van der Waals surface area contributed by atoms with Gasteiger partial charge in [0.15, 0.2) is 5.96 Å². The van der Waals surface area contributed by atoms with Crippen LogP contribution < -0.4 is 5.32 Å². The van der Waals surface area contributed by atoms with Crippen LogP contribution in [0.25, 0.3) is 0 Å². The van der Waals surface area contributed by atoms with Crippen molar-refractivity contribution in [3.8, 4) is 0 Å². The number of nitrogens with zero attached hydrogens (tertiary/aromatic N) is 2. The Labute approximate surface area is 122 Å². The number of rotatable bonds is 3. The maximum atomic E-state index is 12.2. The Morgan fingerprint density at radius 3 is 2.38 bits per heavy atom. The maximum absolute atomic E-state index is 12.2. The lowest BCUT2D eigenvalue weighted by Gasteiger charge is -2.23. The number of guanidine groups is 1. The minimum Gasteiger partial charge on any atom is -0.374 e. The zero-order valence-electron chi connectivity index (χ0n) is 12.2. The fraction of sp³-hybridized carbons (Fsp3) is 0.929. The highest BCUT2D eigenvalue weighted by Crippen LogP contribution is 2.47. The largest absolute Gasteiger partial charge is 0.390 e. The van der Waals surface area contributed by atoms with Crippen LogP contribution >= 0.6 is 0 Å². The lowest BCUT2D eigenvalue weighted by molar-refractivity contribution is -0.132. The van der Waals surface area contributed by atoms with Gasteiger partial charge in [0, 0.05) is 31.5 Å². The van der Waals surface area contributed by atoms with E-state index < -0.39 is 12.6 Å². The number of likely N-dealkylation sites (tertiary alicyclic amines) is 1. The molecule has 0 spiro atoms. The van der Waals surface area contributed by atoms with Crippen molar-refractivity contribution in [3.05, 3.63) is 0 Å². The van der Waals surface area contributed by atoms with Crippen LogP contribution in [0, 0.1) is 11.8 Å². The maximum Gasteiger partial charge on any atom is 0.390 e. The number of halogens is 3. The van der Waals surface area contributed by atoms with Gasteiger partial charge in [-0.05, 0) is 19.8 Å². The summed E-state index contributed by atoms with van der Waals surface area (Å²) in [5.74, 6) is 1.67. The Hall–Kier alpha value is -0.980. The van der Waals surface area contributed by atoms with Crippen LogP contribution in [0.1, 0.15) is 26.2 Å². The lowest BCUT2D eigenvalue weighted by Crippen LogP contribution is -2.41. The summed E-state index contributed by atoms with van der Waals surface area (Å²) in [7, 11) is 0. The summed E-state index contributed by atoms with van der Waals surface area (Å²) in [6.45, 7) is 4.09. The zero-order chi connectivity index (χ0) is 15.0. The Morgan fingerprint density at radius 1 is 1.24 bits per heavy atom. The van der Waals surface area contributed by atoms with Crippen LogP contribution in [-0.4, -0.2) is 55.4 Å². The summed E-state index contributed by atoms with van der Waals surface area (Å²) in [5.41, 5.74) is 0. The predicted molar refractivity (Wildman–Crippen MR) is 73.1 cm³/mol. The number of alkyl halides is 3. The second kappa shape index (κ2) is 5.66. The molecule has 1 N–H and O–H groups in total. The highest BCUT2D eigenvalue weighted by atomic mass is 19.4. The van der Waals surface area contributed by atoms with Gasteiger partial charge in [0.2, 0.25) is 0 Å². The Balaban J connectivity index is 1.61. The molecule has 0 aromatic heterocycles. The molecular formula is C14H22F3N3O. The van der Waals surface area contributed by atoms with Gasteiger partial charge in [-0.25, -0.2) is 0 Å². The SMILES string of the molecule is CCNC(=NCCC(F)(F)F)N1CC2C3CCC(O3)C2C1. The number of fused-ring (bicyclic) bond motifs is 5. The van der Waals surface area contributed by atoms with Crippen molar-refractivity contribution < 1.29 is 17.9 Å². The molecule has 4 unspecified atom stereocenters. The molecule has 3 aliphatic heterocycles. The topological polar surface area (TPSA) is 36.9 Å². The van der Waals surface area contributed by atoms with E-state index in [0.717, 1.165) is 25.9 Å². The third kappa shape index (κ3) is 3.12. The lowest BCUT2D eigenvalue weighted by atomic mass is 9.82. The van der Waals surface area contributed by atoms with E-state index in [1.54, 1.807) is 0 Å². The van der Waals surface area contributed by atoms with Gasteiger partial charge in [0.25, 0.3) is 0 Å². The summed E-state index contributed by atoms with van der Waals surface area (Å²) in [4.78, 5) is 6.26. The summed E-state index contributed by atoms with van der Waals surface area (Å²) in [5, 5.41) is 3.12. The second-order valence-corrected chi connectivity index (χ2v) is 6.12. The first kappa shape index (κ1) is 14.9. The molecule has 3 heterocycles. The Kier molecular flexibility index (Phi) is 4.03. The van der Waals surface area contributed by atoms with Gasteiger partial charge in [-0.1, -0.05) is 0 Å². The number of nitrogens with one attached hydrogen (secondary N) is 1. The number of aliphatic imine (C=N–C) groups is 1. The van der Waals surface area contributed by atoms with Gasteiger partial charge < -0.3 is 15.0 Å². The normalized spacial score (nSPS) is 35.4. The third-order valence-electron chi connectivity index (χ3n) is 4.74. The molecule has 0 aromatic rings. The van der Waals surface area contributed by atoms with E-state index in [9.17, 15) is 13.2 Å². The van der Waals surface area contributed by atoms with Crippen molar-refractivity contribution in [2.45, 2.75) is 44.6 Å². The van der Waals surface area contributed by atoms with E-state index in [4.69, 9.17) is 4.74 Å². The minimum absolute atomic E-state index is 0.207. The first-order chi connectivity index (χ1) is 9.98. The van der Waals surface area contributed by atoms with E-state index >= 15 is 0 Å². The molecule has 3 rings (SSSR count). The first-order valence-electron chi connectivity index (χ1n) is 7.73. The fourth-order valence-electron chi connectivity index (χ4n) is 3.85. The van der Waals surface area contributed by atoms with Crippen molar-refractivity contribution in [3.63, 3.8) is 0 Å². The molecule has 4 atom stereocenters. The third-order valence-corrected chi connectivity index (χ3v) is 4.74. The van der Waals surface area contributed by atoms with Crippen molar-refractivity contribution in [1.29, 1.82) is 0 Å². The minimum atomic E-state index is -4.14. The van der Waals surface area contributed by atoms with Crippen molar-refractivity contribution >= 4 is 5.96 Å². The molecule has 2 bridgehead atoms. The van der Waals surface area contributed by atoms with Crippen LogP contribution in [0.5, 0.6) is 0 Å². The molecular weight excluding hydrogens is 283 g/mol. The average Bonchev–Trinajstić information content (AvgIpc) is 3.08. The average molecular weight is 305 g/mol. The quantitative estimate of drug-likeness (QED) is 0.640. The number of hydrogen-bond donors (Lipinski definition) is 1. The standard InChI is InChI=1S/C14H22F3N3O/c1-2-18-13(19-6-5-14(15,16)17)20-7-9-10(8-20)12-4-3-11(9)21-12/h9-12H,2-8H2,1H3,(H,18,19). The van der Waals surface area contributed by atoms with Gasteiger partial charge in [0.1, 0.15) is 0 Å². The fourth-order valence-corrected chi connectivity index (χ4v) is 3.85. The van der Waals surface area contributed by atoms with Crippen molar-refractivity contribution in [2.24, 2.45) is 16.8 Å². The summed E-state index contributed by atoms with van der Waals surface area (Å²) in [6.07, 6.45) is -2.05. The zero-order valence-corrected chi connectivity index (χ0v) is 12.2. The van der Waals surface area contributed by atoms with E-state index in [0.29, 0.717) is 36.5 Å². The smallest absolute Gasteiger partial charge is 0.374 e. The van der Waals surface area contributed by atoms with Crippen LogP contribution in [0.15, 0.2) is 4.99 Å². The van der Waals surface area contributed by atoms with Crippen LogP contribution in [0.4, 0.5) is 13.2 Å². The molecule has 3 aliphatic rings. The van der Waals surface area contributed by atoms with Gasteiger partial charge in [-0.15, -0.1) is 0 Å². The van der Waals surface area contributed by atoms with Gasteiger partial charge in [-0.2, -0.15) is 13.2 Å². The number of ether oxygens (including phenoxy) is 1. The van der Waals surface area contributed by atoms with Crippen molar-refractivity contribution in [2.75, 3.05) is 26.2 Å². The van der Waals surface area contributed by atoms with Crippen LogP contribution in [0.2, 0.25) is 0 Å². The molecule has 0 aromatic carbocycles. The van der Waals surface area contributed by atoms with Crippen molar-refractivity contribution in [1.82, 2.24) is 10.2 Å². The molecule has 120 valence electrons. The van der Waals surface area contributed by atoms with Crippen LogP contribution in [0.3, 0.4) is 0 Å². The van der Waals surface area contributed by atoms with E-state index in [2.05, 4.69) is 15.2 Å². The molecule has 3 fully saturated rings. The monoisotopic (exact) mass is 305 g/mol. The molecule has 0 aliphatic carbocycles. The second-order valence-electron chi connectivity index (χ2n) is 6.12. The highest BCUT2D eigenvalue weighted by molar-refractivity contribution is 5.80. The summed E-state index contributed by atoms with van der Waals surface area (Å²) in [6, 6.07) is 0. The van der Waals surface area contributed by atoms with Crippen LogP contribution in [-0.2, 0) is 4.74 Å². The predicted octanol–water partition coefficient (Wildman–Crippen LogP) is 2.01. The first-order valence-corrected chi connectivity index (χ1v) is 7.73. The molecule has 4 nitrogen and oxygen atoms in total. The molecule has 21 heavy (non-hydrogen) atoms. The summed E-state index contributed by atoms with van der Waals surface area (Å²) < 4.78 is 42.7. The molecule has 0 radical (unpaired) electrons. The molecule has 0 saturated carbocycles. The number of hydrogen-bond acceptors (Lipinski definition) is 2. The van der Waals surface area contributed by atoms with E-state index in [-0.39, 0.29) is 6.54 Å². The van der Waals surface area contributed by atoms with Gasteiger partial charge in [0.05, 0.1) is 25.2 Å². The molecule has 7 heteroatoms. The van der Waals surface area contributed by atoms with Gasteiger partial charge >= 0.3 is 6.18 Å².